The first-order valence-electron chi connectivity index (χ1n) is 4.61. The van der Waals surface area contributed by atoms with E-state index in [1.54, 1.807) is 19.1 Å². The van der Waals surface area contributed by atoms with Gasteiger partial charge < -0.3 is 14.9 Å². The summed E-state index contributed by atoms with van der Waals surface area (Å²) in [5.41, 5.74) is 0.575. The molecule has 15 heavy (non-hydrogen) atoms. The van der Waals surface area contributed by atoms with Gasteiger partial charge >= 0.3 is 5.97 Å². The van der Waals surface area contributed by atoms with Gasteiger partial charge in [-0.3, -0.25) is 4.79 Å². The lowest BCUT2D eigenvalue weighted by atomic mass is 9.97. The number of benzene rings is 1. The van der Waals surface area contributed by atoms with E-state index in [4.69, 9.17) is 5.11 Å². The SMILES string of the molecule is COC(=O)C(C)C(O)c1ccc(O)cc1. The topological polar surface area (TPSA) is 66.8 Å². The fourth-order valence-electron chi connectivity index (χ4n) is 1.27. The second-order valence-electron chi connectivity index (χ2n) is 3.35. The van der Waals surface area contributed by atoms with E-state index >= 15 is 0 Å². The Labute approximate surface area is 88.1 Å². The number of aromatic hydroxyl groups is 1. The van der Waals surface area contributed by atoms with Crippen LogP contribution < -0.4 is 0 Å². The molecule has 1 aromatic carbocycles. The number of aliphatic hydroxyl groups is 1. The third-order valence-electron chi connectivity index (χ3n) is 2.28. The fraction of sp³-hybridized carbons (Fsp3) is 0.364. The summed E-state index contributed by atoms with van der Waals surface area (Å²) in [6.45, 7) is 1.59. The van der Waals surface area contributed by atoms with Crippen LogP contribution in [0.4, 0.5) is 0 Å². The number of phenolic OH excluding ortho intramolecular Hbond substituents is 1. The molecule has 0 spiro atoms. The molecule has 0 aliphatic carbocycles. The van der Waals surface area contributed by atoms with Crippen molar-refractivity contribution in [2.75, 3.05) is 7.11 Å². The van der Waals surface area contributed by atoms with E-state index < -0.39 is 18.0 Å². The average molecular weight is 210 g/mol. The van der Waals surface area contributed by atoms with Crippen LogP contribution in [0.15, 0.2) is 24.3 Å². The van der Waals surface area contributed by atoms with Crippen molar-refractivity contribution in [2.45, 2.75) is 13.0 Å². The maximum Gasteiger partial charge on any atom is 0.311 e. The molecular formula is C11H14O4. The van der Waals surface area contributed by atoms with Crippen LogP contribution in [0.5, 0.6) is 5.75 Å². The van der Waals surface area contributed by atoms with Gasteiger partial charge in [0.25, 0.3) is 0 Å². The summed E-state index contributed by atoms with van der Waals surface area (Å²) in [6, 6.07) is 6.06. The highest BCUT2D eigenvalue weighted by Crippen LogP contribution is 2.24. The molecule has 0 aliphatic rings. The van der Waals surface area contributed by atoms with E-state index in [1.807, 2.05) is 0 Å². The lowest BCUT2D eigenvalue weighted by Crippen LogP contribution is -2.20. The highest BCUT2D eigenvalue weighted by Gasteiger charge is 2.23. The minimum atomic E-state index is -0.918. The molecule has 0 radical (unpaired) electrons. The second kappa shape index (κ2) is 4.79. The summed E-state index contributed by atoms with van der Waals surface area (Å²) in [5.74, 6) is -0.966. The van der Waals surface area contributed by atoms with Crippen molar-refractivity contribution in [3.63, 3.8) is 0 Å². The molecule has 1 rings (SSSR count). The number of aliphatic hydroxyl groups excluding tert-OH is 1. The third kappa shape index (κ3) is 2.70. The molecule has 82 valence electrons. The van der Waals surface area contributed by atoms with Crippen LogP contribution in [-0.2, 0) is 9.53 Å². The van der Waals surface area contributed by atoms with Crippen LogP contribution in [0.1, 0.15) is 18.6 Å². The summed E-state index contributed by atoms with van der Waals surface area (Å²) < 4.78 is 4.53. The molecule has 4 heteroatoms. The van der Waals surface area contributed by atoms with Crippen LogP contribution in [0.25, 0.3) is 0 Å². The van der Waals surface area contributed by atoms with Gasteiger partial charge in [0.2, 0.25) is 0 Å². The number of hydrogen-bond donors (Lipinski definition) is 2. The standard InChI is InChI=1S/C11H14O4/c1-7(11(14)15-2)10(13)8-3-5-9(12)6-4-8/h3-7,10,12-13H,1-2H3. The van der Waals surface area contributed by atoms with Gasteiger partial charge in [-0.2, -0.15) is 0 Å². The largest absolute Gasteiger partial charge is 0.508 e. The van der Waals surface area contributed by atoms with Crippen molar-refractivity contribution in [2.24, 2.45) is 5.92 Å². The predicted octanol–water partition coefficient (Wildman–Crippen LogP) is 1.23. The molecule has 2 N–H and O–H groups in total. The molecule has 0 aromatic heterocycles. The maximum atomic E-state index is 11.2. The van der Waals surface area contributed by atoms with E-state index in [0.29, 0.717) is 5.56 Å². The maximum absolute atomic E-state index is 11.2. The van der Waals surface area contributed by atoms with Gasteiger partial charge in [0.1, 0.15) is 5.75 Å². The lowest BCUT2D eigenvalue weighted by molar-refractivity contribution is -0.148. The highest BCUT2D eigenvalue weighted by molar-refractivity contribution is 5.72. The van der Waals surface area contributed by atoms with Crippen molar-refractivity contribution in [3.8, 4) is 5.75 Å². The Morgan fingerprint density at radius 1 is 1.33 bits per heavy atom. The molecule has 0 fully saturated rings. The smallest absolute Gasteiger partial charge is 0.311 e. The van der Waals surface area contributed by atoms with E-state index in [1.165, 1.54) is 19.2 Å². The van der Waals surface area contributed by atoms with Crippen molar-refractivity contribution >= 4 is 5.97 Å². The fourth-order valence-corrected chi connectivity index (χ4v) is 1.27. The Morgan fingerprint density at radius 2 is 1.87 bits per heavy atom. The molecule has 0 saturated carbocycles. The highest BCUT2D eigenvalue weighted by atomic mass is 16.5. The number of phenols is 1. The van der Waals surface area contributed by atoms with Gasteiger partial charge in [0, 0.05) is 0 Å². The minimum absolute atomic E-state index is 0.122. The third-order valence-corrected chi connectivity index (χ3v) is 2.28. The van der Waals surface area contributed by atoms with E-state index in [2.05, 4.69) is 4.74 Å². The van der Waals surface area contributed by atoms with Crippen molar-refractivity contribution < 1.29 is 19.7 Å². The van der Waals surface area contributed by atoms with Crippen molar-refractivity contribution in [1.82, 2.24) is 0 Å². The second-order valence-corrected chi connectivity index (χ2v) is 3.35. The zero-order valence-electron chi connectivity index (χ0n) is 8.68. The van der Waals surface area contributed by atoms with Crippen molar-refractivity contribution in [3.05, 3.63) is 29.8 Å². The van der Waals surface area contributed by atoms with E-state index in [-0.39, 0.29) is 5.75 Å². The summed E-state index contributed by atoms with van der Waals surface area (Å²) in [6.07, 6.45) is -0.918. The number of ether oxygens (including phenoxy) is 1. The predicted molar refractivity (Wildman–Crippen MR) is 54.2 cm³/mol. The first-order chi connectivity index (χ1) is 7.06. The molecular weight excluding hydrogens is 196 g/mol. The Balaban J connectivity index is 2.80. The number of hydrogen-bond acceptors (Lipinski definition) is 4. The van der Waals surface area contributed by atoms with Crippen LogP contribution in [0.3, 0.4) is 0 Å². The molecule has 0 amide bonds. The molecule has 0 aliphatic heterocycles. The molecule has 2 atom stereocenters. The number of rotatable bonds is 3. The zero-order chi connectivity index (χ0) is 11.4. The van der Waals surface area contributed by atoms with Crippen molar-refractivity contribution in [1.29, 1.82) is 0 Å². The first-order valence-corrected chi connectivity index (χ1v) is 4.61. The lowest BCUT2D eigenvalue weighted by Gasteiger charge is -2.16. The van der Waals surface area contributed by atoms with E-state index in [9.17, 15) is 9.90 Å². The van der Waals surface area contributed by atoms with Crippen LogP contribution in [-0.4, -0.2) is 23.3 Å². The van der Waals surface area contributed by atoms with Gasteiger partial charge in [-0.1, -0.05) is 12.1 Å². The number of esters is 1. The quantitative estimate of drug-likeness (QED) is 0.736. The molecule has 1 aromatic rings. The van der Waals surface area contributed by atoms with E-state index in [0.717, 1.165) is 0 Å². The molecule has 0 bridgehead atoms. The molecule has 0 saturated heterocycles. The van der Waals surface area contributed by atoms with Gasteiger partial charge in [-0.05, 0) is 24.6 Å². The Morgan fingerprint density at radius 3 is 2.33 bits per heavy atom. The normalized spacial score (nSPS) is 14.3. The Bertz CT molecular complexity index is 331. The van der Waals surface area contributed by atoms with Gasteiger partial charge in [-0.25, -0.2) is 0 Å². The molecule has 2 unspecified atom stereocenters. The summed E-state index contributed by atoms with van der Waals surface area (Å²) in [4.78, 5) is 11.2. The van der Waals surface area contributed by atoms with Crippen LogP contribution in [0.2, 0.25) is 0 Å². The van der Waals surface area contributed by atoms with Gasteiger partial charge in [0.15, 0.2) is 0 Å². The summed E-state index contributed by atoms with van der Waals surface area (Å²) in [7, 11) is 1.28. The summed E-state index contributed by atoms with van der Waals surface area (Å²) in [5, 5.41) is 18.9. The molecule has 0 heterocycles. The molecule has 4 nitrogen and oxygen atoms in total. The van der Waals surface area contributed by atoms with Gasteiger partial charge in [-0.15, -0.1) is 0 Å². The minimum Gasteiger partial charge on any atom is -0.508 e. The van der Waals surface area contributed by atoms with Gasteiger partial charge in [0.05, 0.1) is 19.1 Å². The zero-order valence-corrected chi connectivity index (χ0v) is 8.68. The number of carbonyl (C=O) groups is 1. The average Bonchev–Trinajstić information content (AvgIpc) is 2.27. The Kier molecular flexibility index (Phi) is 3.68. The van der Waals surface area contributed by atoms with Crippen LogP contribution >= 0.6 is 0 Å². The Hall–Kier alpha value is -1.55. The number of methoxy groups -OCH3 is 1. The monoisotopic (exact) mass is 210 g/mol. The van der Waals surface area contributed by atoms with Crippen LogP contribution in [0, 0.1) is 5.92 Å². The summed E-state index contributed by atoms with van der Waals surface area (Å²) >= 11 is 0. The first kappa shape index (κ1) is 11.5. The number of carbonyl (C=O) groups excluding carboxylic acids is 1.